The second-order valence-corrected chi connectivity index (χ2v) is 5.44. The second kappa shape index (κ2) is 8.15. The van der Waals surface area contributed by atoms with Crippen LogP contribution in [0, 0.1) is 12.3 Å². The van der Waals surface area contributed by atoms with E-state index in [2.05, 4.69) is 21.5 Å². The van der Waals surface area contributed by atoms with E-state index in [1.54, 1.807) is 12.1 Å². The summed E-state index contributed by atoms with van der Waals surface area (Å²) >= 11 is 0. The number of carbonyl (C=O) groups excluding carboxylic acids is 1. The summed E-state index contributed by atoms with van der Waals surface area (Å²) in [4.78, 5) is 22.9. The van der Waals surface area contributed by atoms with Gasteiger partial charge in [-0.3, -0.25) is 4.79 Å². The lowest BCUT2D eigenvalue weighted by Crippen LogP contribution is -2.28. The topological polar surface area (TPSA) is 110 Å². The number of ether oxygens (including phenoxy) is 2. The molecule has 1 aromatic rings. The Labute approximate surface area is 145 Å². The van der Waals surface area contributed by atoms with Gasteiger partial charge in [-0.25, -0.2) is 4.79 Å². The third-order valence-electron chi connectivity index (χ3n) is 3.64. The molecule has 132 valence electrons. The van der Waals surface area contributed by atoms with E-state index in [0.717, 1.165) is 0 Å². The van der Waals surface area contributed by atoms with Gasteiger partial charge in [0.05, 0.1) is 7.11 Å². The van der Waals surface area contributed by atoms with Gasteiger partial charge in [0.1, 0.15) is 0 Å². The highest BCUT2D eigenvalue weighted by atomic mass is 16.5. The van der Waals surface area contributed by atoms with Gasteiger partial charge in [-0.05, 0) is 18.2 Å². The van der Waals surface area contributed by atoms with Crippen molar-refractivity contribution in [1.82, 2.24) is 5.32 Å². The fourth-order valence-corrected chi connectivity index (χ4v) is 2.22. The van der Waals surface area contributed by atoms with Gasteiger partial charge in [-0.15, -0.1) is 12.3 Å². The Kier molecular flexibility index (Phi) is 5.95. The highest BCUT2D eigenvalue weighted by Gasteiger charge is 2.38. The molecule has 1 aliphatic rings. The van der Waals surface area contributed by atoms with E-state index in [1.807, 2.05) is 0 Å². The van der Waals surface area contributed by atoms with E-state index in [4.69, 9.17) is 21.0 Å². The Morgan fingerprint density at radius 1 is 1.32 bits per heavy atom. The van der Waals surface area contributed by atoms with Gasteiger partial charge in [0, 0.05) is 31.4 Å². The average Bonchev–Trinajstić information content (AvgIpc) is 3.37. The van der Waals surface area contributed by atoms with Crippen LogP contribution >= 0.6 is 0 Å². The molecule has 0 fully saturated rings. The van der Waals surface area contributed by atoms with Crippen LogP contribution in [0.15, 0.2) is 28.4 Å². The van der Waals surface area contributed by atoms with Gasteiger partial charge in [0.15, 0.2) is 23.8 Å². The van der Waals surface area contributed by atoms with Crippen LogP contribution in [0.4, 0.5) is 0 Å². The molecule has 0 atom stereocenters. The van der Waals surface area contributed by atoms with Crippen molar-refractivity contribution in [3.63, 3.8) is 0 Å². The lowest BCUT2D eigenvalue weighted by Gasteiger charge is -2.12. The smallest absolute Gasteiger partial charge is 0.341 e. The minimum atomic E-state index is -1.12. The lowest BCUT2D eigenvalue weighted by molar-refractivity contribution is -0.139. The number of aliphatic carboxylic acids is 1. The molecule has 0 saturated heterocycles. The van der Waals surface area contributed by atoms with E-state index in [0.29, 0.717) is 37.1 Å². The van der Waals surface area contributed by atoms with Gasteiger partial charge in [-0.1, -0.05) is 0 Å². The van der Waals surface area contributed by atoms with Crippen molar-refractivity contribution in [2.24, 2.45) is 10.2 Å². The molecular weight excluding hydrogens is 326 g/mol. The summed E-state index contributed by atoms with van der Waals surface area (Å²) in [5.74, 6) is 1.66. The third kappa shape index (κ3) is 5.21. The molecule has 1 aliphatic heterocycles. The first-order valence-electron chi connectivity index (χ1n) is 7.68. The Morgan fingerprint density at radius 3 is 2.68 bits per heavy atom. The highest BCUT2D eigenvalue weighted by molar-refractivity contribution is 5.94. The number of benzene rings is 1. The van der Waals surface area contributed by atoms with Crippen molar-refractivity contribution in [3.8, 4) is 23.8 Å². The van der Waals surface area contributed by atoms with Gasteiger partial charge >= 0.3 is 5.97 Å². The summed E-state index contributed by atoms with van der Waals surface area (Å²) in [5.41, 5.74) is -0.112. The van der Waals surface area contributed by atoms with Crippen LogP contribution in [0.5, 0.6) is 11.5 Å². The van der Waals surface area contributed by atoms with E-state index >= 15 is 0 Å². The molecule has 1 heterocycles. The predicted octanol–water partition coefficient (Wildman–Crippen LogP) is 1.85. The van der Waals surface area contributed by atoms with Crippen molar-refractivity contribution in [2.75, 3.05) is 20.3 Å². The van der Waals surface area contributed by atoms with E-state index in [1.165, 1.54) is 13.2 Å². The number of rotatable bonds is 10. The van der Waals surface area contributed by atoms with Crippen LogP contribution < -0.4 is 14.8 Å². The summed E-state index contributed by atoms with van der Waals surface area (Å²) < 4.78 is 10.2. The number of nitrogens with zero attached hydrogens (tertiary/aromatic N) is 2. The summed E-state index contributed by atoms with van der Waals surface area (Å²) in [5, 5.41) is 19.5. The number of amides is 1. The van der Waals surface area contributed by atoms with Crippen LogP contribution in [-0.2, 0) is 4.79 Å². The van der Waals surface area contributed by atoms with E-state index in [9.17, 15) is 9.59 Å². The quantitative estimate of drug-likeness (QED) is 0.629. The van der Waals surface area contributed by atoms with E-state index in [-0.39, 0.29) is 11.7 Å². The fraction of sp³-hybridized carbons (Fsp3) is 0.412. The number of nitrogens with one attached hydrogen (secondary N) is 1. The van der Waals surface area contributed by atoms with Crippen molar-refractivity contribution >= 4 is 11.9 Å². The Morgan fingerprint density at radius 2 is 2.08 bits per heavy atom. The van der Waals surface area contributed by atoms with Gasteiger partial charge in [0.25, 0.3) is 5.91 Å². The minimum Gasteiger partial charge on any atom is -0.493 e. The molecule has 25 heavy (non-hydrogen) atoms. The lowest BCUT2D eigenvalue weighted by atomic mass is 10.0. The molecule has 0 radical (unpaired) electrons. The Balaban J connectivity index is 1.91. The summed E-state index contributed by atoms with van der Waals surface area (Å²) in [6.45, 7) is -0.129. The number of carboxylic acid groups (broad SMARTS) is 1. The monoisotopic (exact) mass is 345 g/mol. The zero-order valence-corrected chi connectivity index (χ0v) is 13.8. The van der Waals surface area contributed by atoms with Crippen LogP contribution in [0.1, 0.15) is 29.6 Å². The molecule has 0 saturated carbocycles. The number of hydrogen-bond acceptors (Lipinski definition) is 6. The van der Waals surface area contributed by atoms with Crippen LogP contribution in [0.3, 0.4) is 0 Å². The molecule has 2 N–H and O–H groups in total. The SMILES string of the molecule is C#CCCC1(CCNC(=O)c2ccc(OC)c(OCC(=O)O)c2)N=N1. The number of terminal acetylenes is 1. The van der Waals surface area contributed by atoms with Crippen LogP contribution in [0.2, 0.25) is 0 Å². The summed E-state index contributed by atoms with van der Waals surface area (Å²) in [6.07, 6.45) is 7.08. The first-order valence-corrected chi connectivity index (χ1v) is 7.68. The third-order valence-corrected chi connectivity index (χ3v) is 3.64. The Hall–Kier alpha value is -3.08. The normalized spacial score (nSPS) is 13.6. The molecule has 0 aliphatic carbocycles. The molecule has 2 rings (SSSR count). The standard InChI is InChI=1S/C17H19N3O5/c1-3-4-7-17(19-20-17)8-9-18-16(23)12-5-6-13(24-2)14(10-12)25-11-15(21)22/h1,5-6,10H,4,7-9,11H2,2H3,(H,18,23)(H,21,22). The zero-order valence-electron chi connectivity index (χ0n) is 13.8. The molecule has 0 unspecified atom stereocenters. The maximum Gasteiger partial charge on any atom is 0.341 e. The highest BCUT2D eigenvalue weighted by Crippen LogP contribution is 2.36. The maximum atomic E-state index is 12.2. The molecule has 0 spiro atoms. The van der Waals surface area contributed by atoms with Crippen molar-refractivity contribution in [3.05, 3.63) is 23.8 Å². The fourth-order valence-electron chi connectivity index (χ4n) is 2.22. The maximum absolute atomic E-state index is 12.2. The van der Waals surface area contributed by atoms with Crippen LogP contribution in [0.25, 0.3) is 0 Å². The minimum absolute atomic E-state index is 0.190. The number of hydrogen-bond donors (Lipinski definition) is 2. The molecule has 8 heteroatoms. The largest absolute Gasteiger partial charge is 0.493 e. The molecule has 1 aromatic carbocycles. The van der Waals surface area contributed by atoms with Crippen molar-refractivity contribution < 1.29 is 24.2 Å². The van der Waals surface area contributed by atoms with Crippen molar-refractivity contribution in [1.29, 1.82) is 0 Å². The first-order chi connectivity index (χ1) is 12.0. The zero-order chi connectivity index (χ0) is 18.3. The van der Waals surface area contributed by atoms with Gasteiger partial charge < -0.3 is 19.9 Å². The van der Waals surface area contributed by atoms with Gasteiger partial charge in [-0.2, -0.15) is 10.2 Å². The van der Waals surface area contributed by atoms with E-state index < -0.39 is 18.2 Å². The predicted molar refractivity (Wildman–Crippen MR) is 88.7 cm³/mol. The average molecular weight is 345 g/mol. The van der Waals surface area contributed by atoms with Crippen molar-refractivity contribution in [2.45, 2.75) is 24.9 Å². The molecular formula is C17H19N3O5. The number of methoxy groups -OCH3 is 1. The molecule has 0 bridgehead atoms. The molecule has 0 aromatic heterocycles. The number of carboxylic acids is 1. The summed E-state index contributed by atoms with van der Waals surface area (Å²) in [6, 6.07) is 4.56. The first kappa shape index (κ1) is 18.3. The Bertz CT molecular complexity index is 717. The second-order valence-electron chi connectivity index (χ2n) is 5.44. The summed E-state index contributed by atoms with van der Waals surface area (Å²) in [7, 11) is 1.43. The van der Waals surface area contributed by atoms with Crippen LogP contribution in [-0.4, -0.2) is 42.9 Å². The number of carbonyl (C=O) groups is 2. The van der Waals surface area contributed by atoms with Gasteiger partial charge in [0.2, 0.25) is 0 Å². The molecule has 1 amide bonds. The molecule has 8 nitrogen and oxygen atoms in total.